The van der Waals surface area contributed by atoms with Gasteiger partial charge in [0.1, 0.15) is 5.75 Å². The van der Waals surface area contributed by atoms with Crippen LogP contribution in [0.3, 0.4) is 0 Å². The van der Waals surface area contributed by atoms with E-state index in [1.54, 1.807) is 42.5 Å². The van der Waals surface area contributed by atoms with Crippen molar-refractivity contribution in [2.45, 2.75) is 39.2 Å². The lowest BCUT2D eigenvalue weighted by Crippen LogP contribution is -2.34. The maximum Gasteiger partial charge on any atom is 0.407 e. The SMILES string of the molecule is CCCCOC(=O)N[C@H](C)Cc1ccc(OCP(=O)(O)c2ccccc2)cc1. The van der Waals surface area contributed by atoms with E-state index in [-0.39, 0.29) is 12.4 Å². The molecule has 2 N–H and O–H groups in total. The molecule has 0 aliphatic carbocycles. The van der Waals surface area contributed by atoms with Crippen LogP contribution in [0.2, 0.25) is 0 Å². The third kappa shape index (κ3) is 7.37. The molecule has 0 aliphatic rings. The summed E-state index contributed by atoms with van der Waals surface area (Å²) in [5, 5.41) is 3.18. The highest BCUT2D eigenvalue weighted by Crippen LogP contribution is 2.39. The van der Waals surface area contributed by atoms with Gasteiger partial charge in [-0.2, -0.15) is 0 Å². The second-order valence-electron chi connectivity index (χ2n) is 6.69. The molecule has 7 heteroatoms. The highest BCUT2D eigenvalue weighted by atomic mass is 31.2. The largest absolute Gasteiger partial charge is 0.483 e. The van der Waals surface area contributed by atoms with Gasteiger partial charge in [0.25, 0.3) is 7.37 Å². The number of carbonyl (C=O) groups is 1. The van der Waals surface area contributed by atoms with E-state index >= 15 is 0 Å². The molecule has 0 heterocycles. The number of benzene rings is 2. The Morgan fingerprint density at radius 2 is 1.82 bits per heavy atom. The lowest BCUT2D eigenvalue weighted by Gasteiger charge is -2.15. The Morgan fingerprint density at radius 1 is 1.14 bits per heavy atom. The number of carbonyl (C=O) groups excluding carboxylic acids is 1. The zero-order valence-electron chi connectivity index (χ0n) is 16.3. The van der Waals surface area contributed by atoms with Gasteiger partial charge in [-0.25, -0.2) is 4.79 Å². The second kappa shape index (κ2) is 10.9. The number of ether oxygens (including phenoxy) is 2. The molecule has 6 nitrogen and oxygen atoms in total. The van der Waals surface area contributed by atoms with E-state index in [1.165, 1.54) is 0 Å². The fraction of sp³-hybridized carbons (Fsp3) is 0.381. The van der Waals surface area contributed by atoms with Gasteiger partial charge in [-0.05, 0) is 49.6 Å². The maximum atomic E-state index is 12.4. The highest BCUT2D eigenvalue weighted by Gasteiger charge is 2.22. The molecule has 152 valence electrons. The van der Waals surface area contributed by atoms with Crippen molar-refractivity contribution in [2.24, 2.45) is 0 Å². The summed E-state index contributed by atoms with van der Waals surface area (Å²) < 4.78 is 23.0. The third-order valence-corrected chi connectivity index (χ3v) is 5.71. The Labute approximate surface area is 166 Å². The lowest BCUT2D eigenvalue weighted by atomic mass is 10.1. The molecule has 1 amide bonds. The predicted molar refractivity (Wildman–Crippen MR) is 110 cm³/mol. The second-order valence-corrected chi connectivity index (χ2v) is 8.87. The molecule has 2 rings (SSSR count). The summed E-state index contributed by atoms with van der Waals surface area (Å²) in [6.45, 7) is 4.38. The first kappa shape index (κ1) is 22.0. The maximum absolute atomic E-state index is 12.4. The van der Waals surface area contributed by atoms with Crippen LogP contribution in [-0.2, 0) is 15.7 Å². The van der Waals surface area contributed by atoms with E-state index in [2.05, 4.69) is 5.32 Å². The normalized spacial score (nSPS) is 14.0. The number of amides is 1. The average Bonchev–Trinajstić information content (AvgIpc) is 2.68. The van der Waals surface area contributed by atoms with Gasteiger partial charge in [0.2, 0.25) is 0 Å². The Bertz CT molecular complexity index is 779. The van der Waals surface area contributed by atoms with Crippen molar-refractivity contribution in [3.63, 3.8) is 0 Å². The molecule has 2 aromatic carbocycles. The minimum atomic E-state index is -3.56. The summed E-state index contributed by atoms with van der Waals surface area (Å²) in [7, 11) is -3.56. The molecule has 0 saturated carbocycles. The summed E-state index contributed by atoms with van der Waals surface area (Å²) in [5.41, 5.74) is 1.02. The molecule has 1 unspecified atom stereocenters. The summed E-state index contributed by atoms with van der Waals surface area (Å²) in [6.07, 6.45) is 1.80. The predicted octanol–water partition coefficient (Wildman–Crippen LogP) is 4.08. The fourth-order valence-corrected chi connectivity index (χ4v) is 3.69. The van der Waals surface area contributed by atoms with Gasteiger partial charge >= 0.3 is 6.09 Å². The van der Waals surface area contributed by atoms with Crippen molar-refractivity contribution in [1.82, 2.24) is 5.32 Å². The molecule has 0 bridgehead atoms. The number of hydrogen-bond acceptors (Lipinski definition) is 4. The Balaban J connectivity index is 1.81. The average molecular weight is 405 g/mol. The third-order valence-electron chi connectivity index (χ3n) is 4.13. The molecule has 0 spiro atoms. The molecular formula is C21H28NO5P. The number of alkyl carbamates (subject to hydrolysis) is 1. The number of nitrogens with one attached hydrogen (secondary N) is 1. The molecule has 2 aromatic rings. The van der Waals surface area contributed by atoms with E-state index in [1.807, 2.05) is 26.0 Å². The Kier molecular flexibility index (Phi) is 8.55. The van der Waals surface area contributed by atoms with E-state index in [4.69, 9.17) is 9.47 Å². The van der Waals surface area contributed by atoms with Crippen molar-refractivity contribution in [3.05, 3.63) is 60.2 Å². The van der Waals surface area contributed by atoms with Gasteiger partial charge < -0.3 is 19.7 Å². The van der Waals surface area contributed by atoms with Gasteiger partial charge in [0.05, 0.1) is 6.61 Å². The molecule has 0 aliphatic heterocycles. The fourth-order valence-electron chi connectivity index (χ4n) is 2.58. The first-order chi connectivity index (χ1) is 13.4. The lowest BCUT2D eigenvalue weighted by molar-refractivity contribution is 0.141. The zero-order valence-corrected chi connectivity index (χ0v) is 17.2. The van der Waals surface area contributed by atoms with Gasteiger partial charge in [0.15, 0.2) is 6.35 Å². The molecule has 0 saturated heterocycles. The molecular weight excluding hydrogens is 377 g/mol. The quantitative estimate of drug-likeness (QED) is 0.460. The molecule has 0 aromatic heterocycles. The van der Waals surface area contributed by atoms with Crippen LogP contribution >= 0.6 is 7.37 Å². The number of rotatable bonds is 10. The molecule has 28 heavy (non-hydrogen) atoms. The smallest absolute Gasteiger partial charge is 0.407 e. The molecule has 0 radical (unpaired) electrons. The van der Waals surface area contributed by atoms with Crippen LogP contribution < -0.4 is 15.4 Å². The number of hydrogen-bond donors (Lipinski definition) is 2. The first-order valence-electron chi connectivity index (χ1n) is 9.43. The Hall–Kier alpha value is -2.30. The highest BCUT2D eigenvalue weighted by molar-refractivity contribution is 7.65. The van der Waals surface area contributed by atoms with Crippen LogP contribution in [0.1, 0.15) is 32.3 Å². The Morgan fingerprint density at radius 3 is 2.46 bits per heavy atom. The summed E-state index contributed by atoms with van der Waals surface area (Å²) in [6, 6.07) is 15.7. The van der Waals surface area contributed by atoms with Crippen LogP contribution in [0, 0.1) is 0 Å². The van der Waals surface area contributed by atoms with Crippen molar-refractivity contribution in [2.75, 3.05) is 13.0 Å². The van der Waals surface area contributed by atoms with Gasteiger partial charge in [-0.3, -0.25) is 4.57 Å². The first-order valence-corrected chi connectivity index (χ1v) is 11.3. The number of unbranched alkanes of at least 4 members (excludes halogenated alkanes) is 1. The summed E-state index contributed by atoms with van der Waals surface area (Å²) in [5.74, 6) is 0.522. The molecule has 0 fully saturated rings. The topological polar surface area (TPSA) is 84.9 Å². The van der Waals surface area contributed by atoms with E-state index in [9.17, 15) is 14.3 Å². The molecule has 2 atom stereocenters. The zero-order chi connectivity index (χ0) is 20.4. The van der Waals surface area contributed by atoms with E-state index in [0.29, 0.717) is 24.1 Å². The minimum Gasteiger partial charge on any atom is -0.483 e. The van der Waals surface area contributed by atoms with E-state index in [0.717, 1.165) is 18.4 Å². The summed E-state index contributed by atoms with van der Waals surface area (Å²) in [4.78, 5) is 21.8. The van der Waals surface area contributed by atoms with Gasteiger partial charge in [0, 0.05) is 11.3 Å². The van der Waals surface area contributed by atoms with Crippen molar-refractivity contribution in [3.8, 4) is 5.75 Å². The monoisotopic (exact) mass is 405 g/mol. The van der Waals surface area contributed by atoms with Crippen LogP contribution in [0.25, 0.3) is 0 Å². The van der Waals surface area contributed by atoms with Crippen LogP contribution in [0.4, 0.5) is 4.79 Å². The van der Waals surface area contributed by atoms with Crippen molar-refractivity contribution >= 4 is 18.8 Å². The van der Waals surface area contributed by atoms with Crippen LogP contribution in [0.5, 0.6) is 5.75 Å². The van der Waals surface area contributed by atoms with Gasteiger partial charge in [-0.15, -0.1) is 0 Å². The van der Waals surface area contributed by atoms with Crippen molar-refractivity contribution in [1.29, 1.82) is 0 Å². The van der Waals surface area contributed by atoms with Gasteiger partial charge in [-0.1, -0.05) is 43.7 Å². The van der Waals surface area contributed by atoms with Crippen molar-refractivity contribution < 1.29 is 23.7 Å². The van der Waals surface area contributed by atoms with E-state index < -0.39 is 13.5 Å². The standard InChI is InChI=1S/C21H28NO5P/c1-3-4-14-26-21(23)22-17(2)15-18-10-12-19(13-11-18)27-16-28(24,25)20-8-6-5-7-9-20/h5-13,17H,3-4,14-16H2,1-2H3,(H,22,23)(H,24,25)/t17-/m1/s1. The van der Waals surface area contributed by atoms with Crippen LogP contribution in [0.15, 0.2) is 54.6 Å². The van der Waals surface area contributed by atoms with Crippen LogP contribution in [-0.4, -0.2) is 30.0 Å². The minimum absolute atomic E-state index is 0.0726. The summed E-state index contributed by atoms with van der Waals surface area (Å²) >= 11 is 0.